The number of fused-ring (bicyclic) bond motifs is 1. The highest BCUT2D eigenvalue weighted by Gasteiger charge is 2.23. The number of aliphatic imine (C=N–C) groups is 1. The lowest BCUT2D eigenvalue weighted by atomic mass is 10.1. The first-order valence-corrected chi connectivity index (χ1v) is 6.81. The molecule has 0 aliphatic carbocycles. The van der Waals surface area contributed by atoms with Crippen LogP contribution in [0.3, 0.4) is 0 Å². The van der Waals surface area contributed by atoms with Crippen LogP contribution < -0.4 is 14.4 Å². The summed E-state index contributed by atoms with van der Waals surface area (Å²) in [5, 5.41) is 0. The highest BCUT2D eigenvalue weighted by Crippen LogP contribution is 2.39. The van der Waals surface area contributed by atoms with Crippen molar-refractivity contribution in [3.05, 3.63) is 53.6 Å². The Balaban J connectivity index is 2.04. The van der Waals surface area contributed by atoms with Crippen LogP contribution in [0.2, 0.25) is 0 Å². The van der Waals surface area contributed by atoms with E-state index in [9.17, 15) is 0 Å². The Labute approximate surface area is 124 Å². The molecule has 1 heterocycles. The average Bonchev–Trinajstić information content (AvgIpc) is 2.55. The van der Waals surface area contributed by atoms with Gasteiger partial charge in [0.15, 0.2) is 11.5 Å². The third kappa shape index (κ3) is 2.33. The minimum atomic E-state index is -0.0169. The normalized spacial score (nSPS) is 16.5. The summed E-state index contributed by atoms with van der Waals surface area (Å²) in [4.78, 5) is 6.80. The molecule has 4 heteroatoms. The molecule has 0 bridgehead atoms. The fourth-order valence-corrected chi connectivity index (χ4v) is 2.61. The number of rotatable bonds is 3. The second-order valence-electron chi connectivity index (χ2n) is 4.94. The molecule has 3 rings (SSSR count). The van der Waals surface area contributed by atoms with Crippen molar-refractivity contribution in [2.45, 2.75) is 6.17 Å². The number of hydrogen-bond acceptors (Lipinski definition) is 4. The Bertz CT molecular complexity index is 668. The molecule has 1 atom stereocenters. The molecule has 1 aliphatic heterocycles. The lowest BCUT2D eigenvalue weighted by Gasteiger charge is -2.32. The summed E-state index contributed by atoms with van der Waals surface area (Å²) in [6, 6.07) is 14.2. The van der Waals surface area contributed by atoms with Gasteiger partial charge in [0.2, 0.25) is 0 Å². The standard InChI is InChI=1S/C17H18N2O2/c1-19-14-10-16(21-3)15(20-2)9-13(14)11-18-17(19)12-7-5-4-6-8-12/h4-11,17H,1-3H3. The molecule has 0 radical (unpaired) electrons. The molecular formula is C17H18N2O2. The third-order valence-electron chi connectivity index (χ3n) is 3.73. The Hall–Kier alpha value is -2.49. The zero-order valence-corrected chi connectivity index (χ0v) is 12.4. The molecule has 4 nitrogen and oxygen atoms in total. The summed E-state index contributed by atoms with van der Waals surface area (Å²) >= 11 is 0. The fourth-order valence-electron chi connectivity index (χ4n) is 2.61. The first kappa shape index (κ1) is 13.5. The Morgan fingerprint density at radius 1 is 1.00 bits per heavy atom. The highest BCUT2D eigenvalue weighted by molar-refractivity contribution is 5.91. The molecule has 0 saturated carbocycles. The van der Waals surface area contributed by atoms with Gasteiger partial charge in [0.05, 0.1) is 19.9 Å². The molecule has 0 aromatic heterocycles. The van der Waals surface area contributed by atoms with Gasteiger partial charge in [0.1, 0.15) is 6.17 Å². The first-order valence-electron chi connectivity index (χ1n) is 6.81. The minimum Gasteiger partial charge on any atom is -0.493 e. The van der Waals surface area contributed by atoms with Crippen molar-refractivity contribution in [1.29, 1.82) is 0 Å². The van der Waals surface area contributed by atoms with Crippen LogP contribution in [0.5, 0.6) is 11.5 Å². The van der Waals surface area contributed by atoms with Gasteiger partial charge >= 0.3 is 0 Å². The smallest absolute Gasteiger partial charge is 0.162 e. The van der Waals surface area contributed by atoms with E-state index in [1.165, 1.54) is 0 Å². The van der Waals surface area contributed by atoms with Gasteiger partial charge in [-0.3, -0.25) is 4.99 Å². The second kappa shape index (κ2) is 5.48. The van der Waals surface area contributed by atoms with E-state index in [1.807, 2.05) is 43.6 Å². The third-order valence-corrected chi connectivity index (χ3v) is 3.73. The number of hydrogen-bond donors (Lipinski definition) is 0. The summed E-state index contributed by atoms with van der Waals surface area (Å²) in [6.45, 7) is 0. The second-order valence-corrected chi connectivity index (χ2v) is 4.94. The Kier molecular flexibility index (Phi) is 3.52. The van der Waals surface area contributed by atoms with Gasteiger partial charge in [-0.25, -0.2) is 0 Å². The first-order chi connectivity index (χ1) is 10.2. The van der Waals surface area contributed by atoms with Crippen molar-refractivity contribution in [3.8, 4) is 11.5 Å². The molecule has 0 spiro atoms. The lowest BCUT2D eigenvalue weighted by molar-refractivity contribution is 0.355. The van der Waals surface area contributed by atoms with Crippen LogP contribution in [-0.2, 0) is 0 Å². The van der Waals surface area contributed by atoms with Gasteiger partial charge in [-0.2, -0.15) is 0 Å². The number of anilines is 1. The molecule has 1 aliphatic rings. The summed E-state index contributed by atoms with van der Waals surface area (Å²) in [5.41, 5.74) is 3.27. The quantitative estimate of drug-likeness (QED) is 0.866. The van der Waals surface area contributed by atoms with Crippen LogP contribution in [0, 0.1) is 0 Å². The predicted molar refractivity (Wildman–Crippen MR) is 84.7 cm³/mol. The van der Waals surface area contributed by atoms with E-state index in [2.05, 4.69) is 22.0 Å². The molecule has 0 fully saturated rings. The van der Waals surface area contributed by atoms with E-state index in [4.69, 9.17) is 9.47 Å². The van der Waals surface area contributed by atoms with Crippen LogP contribution in [-0.4, -0.2) is 27.5 Å². The van der Waals surface area contributed by atoms with E-state index in [-0.39, 0.29) is 6.17 Å². The van der Waals surface area contributed by atoms with Crippen LogP contribution in [0.25, 0.3) is 0 Å². The minimum absolute atomic E-state index is 0.0169. The number of nitrogens with zero attached hydrogens (tertiary/aromatic N) is 2. The number of methoxy groups -OCH3 is 2. The van der Waals surface area contributed by atoms with Gasteiger partial charge in [-0.15, -0.1) is 0 Å². The Morgan fingerprint density at radius 2 is 1.67 bits per heavy atom. The van der Waals surface area contributed by atoms with E-state index in [0.717, 1.165) is 22.6 Å². The molecule has 108 valence electrons. The van der Waals surface area contributed by atoms with Crippen molar-refractivity contribution in [2.75, 3.05) is 26.2 Å². The van der Waals surface area contributed by atoms with Crippen LogP contribution in [0.4, 0.5) is 5.69 Å². The molecule has 2 aromatic carbocycles. The average molecular weight is 282 g/mol. The zero-order chi connectivity index (χ0) is 14.8. The van der Waals surface area contributed by atoms with Crippen LogP contribution >= 0.6 is 0 Å². The molecule has 2 aromatic rings. The maximum absolute atomic E-state index is 5.40. The van der Waals surface area contributed by atoms with Crippen molar-refractivity contribution >= 4 is 11.9 Å². The van der Waals surface area contributed by atoms with Gasteiger partial charge in [-0.05, 0) is 11.6 Å². The molecular weight excluding hydrogens is 264 g/mol. The Morgan fingerprint density at radius 3 is 2.33 bits per heavy atom. The van der Waals surface area contributed by atoms with Gasteiger partial charge in [0, 0.05) is 24.9 Å². The van der Waals surface area contributed by atoms with Crippen molar-refractivity contribution in [1.82, 2.24) is 0 Å². The largest absolute Gasteiger partial charge is 0.493 e. The maximum Gasteiger partial charge on any atom is 0.162 e. The summed E-state index contributed by atoms with van der Waals surface area (Å²) in [6.07, 6.45) is 1.88. The number of ether oxygens (including phenoxy) is 2. The topological polar surface area (TPSA) is 34.1 Å². The predicted octanol–water partition coefficient (Wildman–Crippen LogP) is 3.27. The molecule has 0 amide bonds. The van der Waals surface area contributed by atoms with Gasteiger partial charge < -0.3 is 14.4 Å². The van der Waals surface area contributed by atoms with Crippen molar-refractivity contribution in [2.24, 2.45) is 4.99 Å². The lowest BCUT2D eigenvalue weighted by Crippen LogP contribution is -2.26. The van der Waals surface area contributed by atoms with E-state index in [1.54, 1.807) is 14.2 Å². The van der Waals surface area contributed by atoms with Crippen LogP contribution in [0.1, 0.15) is 17.3 Å². The van der Waals surface area contributed by atoms with E-state index < -0.39 is 0 Å². The summed E-state index contributed by atoms with van der Waals surface area (Å²) in [7, 11) is 5.33. The highest BCUT2D eigenvalue weighted by atomic mass is 16.5. The molecule has 0 N–H and O–H groups in total. The fraction of sp³-hybridized carbons (Fsp3) is 0.235. The monoisotopic (exact) mass is 282 g/mol. The zero-order valence-electron chi connectivity index (χ0n) is 12.4. The molecule has 1 unspecified atom stereocenters. The summed E-state index contributed by atoms with van der Waals surface area (Å²) < 4.78 is 10.7. The van der Waals surface area contributed by atoms with Gasteiger partial charge in [0.25, 0.3) is 0 Å². The van der Waals surface area contributed by atoms with Gasteiger partial charge in [-0.1, -0.05) is 30.3 Å². The summed E-state index contributed by atoms with van der Waals surface area (Å²) in [5.74, 6) is 1.44. The molecule has 21 heavy (non-hydrogen) atoms. The maximum atomic E-state index is 5.40. The number of benzene rings is 2. The van der Waals surface area contributed by atoms with Crippen molar-refractivity contribution < 1.29 is 9.47 Å². The van der Waals surface area contributed by atoms with E-state index >= 15 is 0 Å². The SMILES string of the molecule is COc1cc2c(cc1OC)N(C)C(c1ccccc1)N=C2. The molecule has 0 saturated heterocycles. The van der Waals surface area contributed by atoms with Crippen molar-refractivity contribution in [3.63, 3.8) is 0 Å². The van der Waals surface area contributed by atoms with Crippen LogP contribution in [0.15, 0.2) is 47.5 Å². The van der Waals surface area contributed by atoms with E-state index in [0.29, 0.717) is 5.75 Å².